The lowest BCUT2D eigenvalue weighted by Crippen LogP contribution is -2.38. The smallest absolute Gasteiger partial charge is 0.389 e. The van der Waals surface area contributed by atoms with Gasteiger partial charge in [-0.2, -0.15) is 13.2 Å². The fourth-order valence-corrected chi connectivity index (χ4v) is 2.25. The first-order valence-corrected chi connectivity index (χ1v) is 6.04. The number of rotatable bonds is 5. The average molecular weight is 243 g/mol. The minimum Gasteiger partial charge on any atom is -0.389 e. The maximum absolute atomic E-state index is 11.7. The predicted octanol–water partition coefficient (Wildman–Crippen LogP) is 2.13. The van der Waals surface area contributed by atoms with Crippen LogP contribution in [0, 0.1) is 0 Å². The predicted molar refractivity (Wildman–Crippen MR) is 54.8 cm³/mol. The molecule has 1 aliphatic carbocycles. The number of hydrogen-bond donors (Lipinski definition) is 2. The molecule has 0 radical (unpaired) electrons. The molecule has 0 heterocycles. The monoisotopic (exact) mass is 243 g/mol. The first-order chi connectivity index (χ1) is 6.91. The van der Waals surface area contributed by atoms with Crippen LogP contribution in [-0.4, -0.2) is 35.1 Å². The largest absolute Gasteiger partial charge is 0.441 e. The highest BCUT2D eigenvalue weighted by atomic mass is 32.2. The second kappa shape index (κ2) is 5.41. The molecular weight excluding hydrogens is 227 g/mol. The van der Waals surface area contributed by atoms with Gasteiger partial charge in [0.25, 0.3) is 0 Å². The van der Waals surface area contributed by atoms with Gasteiger partial charge in [-0.05, 0) is 24.6 Å². The standard InChI is InChI=1S/C9H16F3NOS/c10-9(11,12)15-6-5-13-7-8(14)3-1-2-4-8/h13-14H,1-7H2. The van der Waals surface area contributed by atoms with Gasteiger partial charge in [-0.25, -0.2) is 0 Å². The Hall–Kier alpha value is 0.0600. The van der Waals surface area contributed by atoms with Crippen molar-refractivity contribution < 1.29 is 18.3 Å². The lowest BCUT2D eigenvalue weighted by atomic mass is 10.0. The lowest BCUT2D eigenvalue weighted by molar-refractivity contribution is -0.0327. The van der Waals surface area contributed by atoms with Crippen molar-refractivity contribution in [3.63, 3.8) is 0 Å². The number of nitrogens with one attached hydrogen (secondary N) is 1. The van der Waals surface area contributed by atoms with Gasteiger partial charge < -0.3 is 10.4 Å². The molecule has 2 nitrogen and oxygen atoms in total. The van der Waals surface area contributed by atoms with Crippen molar-refractivity contribution in [1.82, 2.24) is 5.32 Å². The molecule has 0 amide bonds. The Morgan fingerprint density at radius 3 is 2.40 bits per heavy atom. The Morgan fingerprint density at radius 2 is 1.87 bits per heavy atom. The summed E-state index contributed by atoms with van der Waals surface area (Å²) in [5, 5.41) is 12.7. The summed E-state index contributed by atoms with van der Waals surface area (Å²) in [6.45, 7) is 0.692. The van der Waals surface area contributed by atoms with Crippen LogP contribution in [0.4, 0.5) is 13.2 Å². The third kappa shape index (κ3) is 5.63. The van der Waals surface area contributed by atoms with Crippen molar-refractivity contribution in [1.29, 1.82) is 0 Å². The maximum Gasteiger partial charge on any atom is 0.441 e. The number of thioether (sulfide) groups is 1. The summed E-state index contributed by atoms with van der Waals surface area (Å²) < 4.78 is 35.2. The molecule has 0 aromatic rings. The molecule has 0 saturated heterocycles. The van der Waals surface area contributed by atoms with Crippen molar-refractivity contribution in [2.45, 2.75) is 36.8 Å². The van der Waals surface area contributed by atoms with E-state index in [9.17, 15) is 18.3 Å². The molecule has 90 valence electrons. The first kappa shape index (κ1) is 13.1. The van der Waals surface area contributed by atoms with Crippen molar-refractivity contribution in [3.05, 3.63) is 0 Å². The summed E-state index contributed by atoms with van der Waals surface area (Å²) in [5.41, 5.74) is -4.82. The van der Waals surface area contributed by atoms with E-state index in [2.05, 4.69) is 5.32 Å². The highest BCUT2D eigenvalue weighted by Crippen LogP contribution is 2.30. The molecule has 6 heteroatoms. The van der Waals surface area contributed by atoms with Crippen LogP contribution in [0.5, 0.6) is 0 Å². The Kier molecular flexibility index (Phi) is 4.73. The normalized spacial score (nSPS) is 20.8. The number of hydrogen-bond acceptors (Lipinski definition) is 3. The van der Waals surface area contributed by atoms with Crippen molar-refractivity contribution >= 4 is 11.8 Å². The summed E-state index contributed by atoms with van der Waals surface area (Å²) in [5.74, 6) is -0.000417. The maximum atomic E-state index is 11.7. The minimum absolute atomic E-state index is 0.000417. The minimum atomic E-state index is -4.15. The Morgan fingerprint density at radius 1 is 1.27 bits per heavy atom. The van der Waals surface area contributed by atoms with Crippen molar-refractivity contribution in [3.8, 4) is 0 Å². The van der Waals surface area contributed by atoms with Crippen LogP contribution in [0.2, 0.25) is 0 Å². The van der Waals surface area contributed by atoms with E-state index in [-0.39, 0.29) is 24.1 Å². The van der Waals surface area contributed by atoms with E-state index in [1.54, 1.807) is 0 Å². The topological polar surface area (TPSA) is 32.3 Å². The molecule has 1 saturated carbocycles. The Labute approximate surface area is 91.6 Å². The molecule has 0 aromatic carbocycles. The number of halogens is 3. The van der Waals surface area contributed by atoms with Crippen LogP contribution < -0.4 is 5.32 Å². The molecule has 0 spiro atoms. The van der Waals surface area contributed by atoms with E-state index in [4.69, 9.17) is 0 Å². The summed E-state index contributed by atoms with van der Waals surface area (Å²) in [4.78, 5) is 0. The van der Waals surface area contributed by atoms with E-state index in [1.165, 1.54) is 0 Å². The quantitative estimate of drug-likeness (QED) is 0.726. The van der Waals surface area contributed by atoms with Crippen molar-refractivity contribution in [2.75, 3.05) is 18.8 Å². The van der Waals surface area contributed by atoms with Gasteiger partial charge in [-0.15, -0.1) is 0 Å². The van der Waals surface area contributed by atoms with Gasteiger partial charge in [0.15, 0.2) is 0 Å². The van der Waals surface area contributed by atoms with Crippen LogP contribution >= 0.6 is 11.8 Å². The molecule has 1 fully saturated rings. The van der Waals surface area contributed by atoms with Gasteiger partial charge in [0.05, 0.1) is 5.60 Å². The molecule has 0 atom stereocenters. The van der Waals surface area contributed by atoms with E-state index in [0.29, 0.717) is 6.54 Å². The zero-order chi connectivity index (χ0) is 11.4. The van der Waals surface area contributed by atoms with Crippen LogP contribution in [0.1, 0.15) is 25.7 Å². The highest BCUT2D eigenvalue weighted by molar-refractivity contribution is 8.00. The van der Waals surface area contributed by atoms with Gasteiger partial charge in [0.1, 0.15) is 0 Å². The van der Waals surface area contributed by atoms with Crippen LogP contribution in [0.3, 0.4) is 0 Å². The second-order valence-corrected chi connectivity index (χ2v) is 5.06. The third-order valence-corrected chi connectivity index (χ3v) is 3.27. The molecule has 0 unspecified atom stereocenters. The molecule has 0 aliphatic heterocycles. The lowest BCUT2D eigenvalue weighted by Gasteiger charge is -2.22. The molecule has 2 N–H and O–H groups in total. The molecule has 1 rings (SSSR count). The van der Waals surface area contributed by atoms with Crippen LogP contribution in [-0.2, 0) is 0 Å². The zero-order valence-electron chi connectivity index (χ0n) is 8.44. The Bertz CT molecular complexity index is 192. The van der Waals surface area contributed by atoms with E-state index in [1.807, 2.05) is 0 Å². The van der Waals surface area contributed by atoms with Crippen molar-refractivity contribution in [2.24, 2.45) is 0 Å². The SMILES string of the molecule is OC1(CNCCSC(F)(F)F)CCCC1. The summed E-state index contributed by atoms with van der Waals surface area (Å²) in [6, 6.07) is 0. The second-order valence-electron chi connectivity index (χ2n) is 3.90. The third-order valence-electron chi connectivity index (χ3n) is 2.53. The zero-order valence-corrected chi connectivity index (χ0v) is 9.26. The summed E-state index contributed by atoms with van der Waals surface area (Å²) >= 11 is -0.0292. The van der Waals surface area contributed by atoms with Gasteiger partial charge >= 0.3 is 5.51 Å². The van der Waals surface area contributed by atoms with E-state index >= 15 is 0 Å². The van der Waals surface area contributed by atoms with E-state index in [0.717, 1.165) is 25.7 Å². The number of alkyl halides is 3. The summed E-state index contributed by atoms with van der Waals surface area (Å²) in [6.07, 6.45) is 3.53. The fraction of sp³-hybridized carbons (Fsp3) is 1.00. The molecule has 0 bridgehead atoms. The highest BCUT2D eigenvalue weighted by Gasteiger charge is 2.31. The first-order valence-electron chi connectivity index (χ1n) is 5.05. The van der Waals surface area contributed by atoms with Gasteiger partial charge in [-0.3, -0.25) is 0 Å². The molecule has 15 heavy (non-hydrogen) atoms. The molecule has 1 aliphatic rings. The Balaban J connectivity index is 2.02. The van der Waals surface area contributed by atoms with Gasteiger partial charge in [0, 0.05) is 18.8 Å². The van der Waals surface area contributed by atoms with Gasteiger partial charge in [-0.1, -0.05) is 12.8 Å². The summed E-state index contributed by atoms with van der Waals surface area (Å²) in [7, 11) is 0. The average Bonchev–Trinajstić information content (AvgIpc) is 2.50. The number of aliphatic hydroxyl groups is 1. The van der Waals surface area contributed by atoms with Crippen LogP contribution in [0.15, 0.2) is 0 Å². The van der Waals surface area contributed by atoms with E-state index < -0.39 is 11.1 Å². The molecule has 0 aromatic heterocycles. The molecular formula is C9H16F3NOS. The fourth-order valence-electron chi connectivity index (χ4n) is 1.77. The van der Waals surface area contributed by atoms with Gasteiger partial charge in [0.2, 0.25) is 0 Å². The van der Waals surface area contributed by atoms with Crippen LogP contribution in [0.25, 0.3) is 0 Å².